The fraction of sp³-hybridized carbons (Fsp3) is 1.00. The van der Waals surface area contributed by atoms with Gasteiger partial charge in [0.15, 0.2) is 0 Å². The van der Waals surface area contributed by atoms with E-state index in [1.165, 1.54) is 0 Å². The normalized spacial score (nSPS) is 12.2. The summed E-state index contributed by atoms with van der Waals surface area (Å²) >= 11 is 3.02. The Labute approximate surface area is 76.0 Å². The molecule has 0 fully saturated rings. The molecule has 1 N–H and O–H groups in total. The Morgan fingerprint density at radius 3 is 2.38 bits per heavy atom. The minimum atomic E-state index is -2.68. The van der Waals surface area contributed by atoms with Crippen molar-refractivity contribution in [3.8, 4) is 0 Å². The van der Waals surface area contributed by atoms with Gasteiger partial charge in [-0.2, -0.15) is 0 Å². The second kappa shape index (κ2) is 8.51. The summed E-state index contributed by atoms with van der Waals surface area (Å²) in [5, 5.41) is 0.601. The molecule has 6 heteroatoms. The van der Waals surface area contributed by atoms with Crippen LogP contribution in [0.4, 0.5) is 0 Å². The molecule has 1 unspecified atom stereocenters. The van der Waals surface area contributed by atoms with Gasteiger partial charge < -0.3 is 9.42 Å². The van der Waals surface area contributed by atoms with E-state index in [-0.39, 0.29) is 26.2 Å². The number of rotatable bonds is 3. The molecule has 3 nitrogen and oxygen atoms in total. The van der Waals surface area contributed by atoms with Crippen LogP contribution in [0.3, 0.4) is 0 Å². The van der Waals surface area contributed by atoms with Gasteiger partial charge in [0.25, 0.3) is 0 Å². The average molecular weight is 280 g/mol. The third-order valence-electron chi connectivity index (χ3n) is 0.303. The van der Waals surface area contributed by atoms with Crippen molar-refractivity contribution in [3.63, 3.8) is 0 Å². The smallest absolute Gasteiger partial charge is 0.316 e. The summed E-state index contributed by atoms with van der Waals surface area (Å²) in [5.74, 6) is 0. The number of alkyl halides is 1. The van der Waals surface area contributed by atoms with Crippen LogP contribution in [-0.4, -0.2) is 16.8 Å². The molecule has 0 aromatic rings. The Kier molecular flexibility index (Phi) is 13.0. The number of hydrogen-bond acceptors (Lipinski definition) is 2. The molecular formula is C2H6BrO3PZr. The summed E-state index contributed by atoms with van der Waals surface area (Å²) in [6, 6.07) is 0. The summed E-state index contributed by atoms with van der Waals surface area (Å²) in [6.07, 6.45) is 0. The molecule has 0 aromatic heterocycles. The van der Waals surface area contributed by atoms with Crippen molar-refractivity contribution in [1.29, 1.82) is 0 Å². The van der Waals surface area contributed by atoms with Crippen LogP contribution in [-0.2, 0) is 35.3 Å². The van der Waals surface area contributed by atoms with E-state index in [4.69, 9.17) is 4.89 Å². The molecule has 0 heterocycles. The second-order valence-corrected chi connectivity index (χ2v) is 2.42. The van der Waals surface area contributed by atoms with Gasteiger partial charge in [0, 0.05) is 31.5 Å². The third kappa shape index (κ3) is 10.5. The molecule has 0 spiro atoms. The molecule has 0 saturated carbocycles. The first-order valence-electron chi connectivity index (χ1n) is 1.69. The van der Waals surface area contributed by atoms with Crippen molar-refractivity contribution in [2.24, 2.45) is 0 Å². The Morgan fingerprint density at radius 1 is 1.75 bits per heavy atom. The van der Waals surface area contributed by atoms with Crippen LogP contribution in [0.5, 0.6) is 0 Å². The Morgan fingerprint density at radius 2 is 2.25 bits per heavy atom. The molecule has 48 valence electrons. The van der Waals surface area contributed by atoms with E-state index in [1.54, 1.807) is 0 Å². The first kappa shape index (κ1) is 12.2. The van der Waals surface area contributed by atoms with E-state index in [0.717, 1.165) is 0 Å². The Bertz CT molecular complexity index is 70.3. The van der Waals surface area contributed by atoms with Crippen molar-refractivity contribution in [2.45, 2.75) is 0 Å². The summed E-state index contributed by atoms with van der Waals surface area (Å²) in [5.41, 5.74) is 0. The van der Waals surface area contributed by atoms with Crippen LogP contribution in [0.2, 0.25) is 0 Å². The molecule has 0 rings (SSSR count). The standard InChI is InChI=1S/C2H6BrO3P.Zr/c3-1-2-6-7(4)5;/h7H,1-2H2,(H,4,5);. The van der Waals surface area contributed by atoms with Crippen molar-refractivity contribution in [2.75, 3.05) is 11.9 Å². The number of hydrogen-bond donors (Lipinski definition) is 1. The third-order valence-corrected chi connectivity index (χ3v) is 1.08. The summed E-state index contributed by atoms with van der Waals surface area (Å²) in [4.78, 5) is 7.99. The Hall–Kier alpha value is 1.51. The zero-order valence-corrected chi connectivity index (χ0v) is 9.10. The fourth-order valence-electron chi connectivity index (χ4n) is 0.126. The van der Waals surface area contributed by atoms with E-state index in [0.29, 0.717) is 11.9 Å². The van der Waals surface area contributed by atoms with Gasteiger partial charge in [0.2, 0.25) is 0 Å². The minimum Gasteiger partial charge on any atom is -0.326 e. The first-order valence-corrected chi connectivity index (χ1v) is 4.07. The monoisotopic (exact) mass is 278 g/mol. The predicted molar refractivity (Wildman–Crippen MR) is 31.0 cm³/mol. The zero-order valence-electron chi connectivity index (χ0n) is 4.06. The first-order chi connectivity index (χ1) is 3.27. The maximum atomic E-state index is 9.70. The Balaban J connectivity index is 0. The minimum absolute atomic E-state index is 0. The van der Waals surface area contributed by atoms with E-state index in [1.807, 2.05) is 0 Å². The molecule has 8 heavy (non-hydrogen) atoms. The van der Waals surface area contributed by atoms with E-state index >= 15 is 0 Å². The molecule has 0 bridgehead atoms. The maximum Gasteiger partial charge on any atom is 0.316 e. The topological polar surface area (TPSA) is 46.5 Å². The molecule has 0 saturated heterocycles. The zero-order chi connectivity index (χ0) is 5.70. The van der Waals surface area contributed by atoms with Crippen molar-refractivity contribution in [3.05, 3.63) is 0 Å². The van der Waals surface area contributed by atoms with Crippen LogP contribution in [0.25, 0.3) is 0 Å². The molecular weight excluding hydrogens is 274 g/mol. The van der Waals surface area contributed by atoms with Gasteiger partial charge in [0.1, 0.15) is 0 Å². The van der Waals surface area contributed by atoms with Crippen LogP contribution >= 0.6 is 24.2 Å². The van der Waals surface area contributed by atoms with Gasteiger partial charge in [-0.3, -0.25) is 4.57 Å². The predicted octanol–water partition coefficient (Wildman–Crippen LogP) is 0.777. The molecule has 0 amide bonds. The van der Waals surface area contributed by atoms with E-state index in [2.05, 4.69) is 20.5 Å². The molecule has 0 aliphatic heterocycles. The molecule has 0 radical (unpaired) electrons. The molecule has 0 aliphatic rings. The quantitative estimate of drug-likeness (QED) is 0.614. The van der Waals surface area contributed by atoms with E-state index < -0.39 is 8.25 Å². The van der Waals surface area contributed by atoms with Gasteiger partial charge in [-0.1, -0.05) is 15.9 Å². The van der Waals surface area contributed by atoms with Crippen molar-refractivity contribution in [1.82, 2.24) is 0 Å². The second-order valence-electron chi connectivity index (χ2n) is 0.803. The van der Waals surface area contributed by atoms with Crippen molar-refractivity contribution < 1.29 is 40.2 Å². The van der Waals surface area contributed by atoms with Gasteiger partial charge in [-0.15, -0.1) is 0 Å². The average Bonchev–Trinajstić information content (AvgIpc) is 1.61. The molecule has 0 aliphatic carbocycles. The largest absolute Gasteiger partial charge is 0.326 e. The van der Waals surface area contributed by atoms with Crippen molar-refractivity contribution >= 4 is 24.2 Å². The summed E-state index contributed by atoms with van der Waals surface area (Å²) < 4.78 is 13.9. The van der Waals surface area contributed by atoms with Gasteiger partial charge in [0.05, 0.1) is 6.61 Å². The summed E-state index contributed by atoms with van der Waals surface area (Å²) in [6.45, 7) is 0.300. The van der Waals surface area contributed by atoms with Crippen LogP contribution in [0, 0.1) is 0 Å². The summed E-state index contributed by atoms with van der Waals surface area (Å²) in [7, 11) is -2.68. The maximum absolute atomic E-state index is 9.70. The van der Waals surface area contributed by atoms with Gasteiger partial charge in [-0.25, -0.2) is 0 Å². The SMILES string of the molecule is O=[PH](O)OCCBr.[Zr]. The molecule has 0 aromatic carbocycles. The van der Waals surface area contributed by atoms with Gasteiger partial charge >= 0.3 is 8.25 Å². The van der Waals surface area contributed by atoms with Crippen LogP contribution in [0.1, 0.15) is 0 Å². The van der Waals surface area contributed by atoms with Crippen LogP contribution in [0.15, 0.2) is 0 Å². The molecule has 1 atom stereocenters. The fourth-order valence-corrected chi connectivity index (χ4v) is 0.863. The van der Waals surface area contributed by atoms with E-state index in [9.17, 15) is 4.57 Å². The van der Waals surface area contributed by atoms with Crippen LogP contribution < -0.4 is 0 Å². The number of halogens is 1. The van der Waals surface area contributed by atoms with Gasteiger partial charge in [-0.05, 0) is 0 Å².